The van der Waals surface area contributed by atoms with Crippen LogP contribution in [0.15, 0.2) is 24.3 Å². The Morgan fingerprint density at radius 3 is 2.35 bits per heavy atom. The maximum atomic E-state index is 11.8. The summed E-state index contributed by atoms with van der Waals surface area (Å²) in [5.74, 6) is 0.547. The van der Waals surface area contributed by atoms with Crippen LogP contribution in [-0.2, 0) is 11.2 Å². The standard InChI is InChI=1S/C14H22N2O/c1-4-13(10(2)3)16-14(17)9-11-5-7-12(15)8-6-11/h5-8,10,13H,4,9,15H2,1-3H3,(H,16,17). The molecule has 94 valence electrons. The Balaban J connectivity index is 2.52. The smallest absolute Gasteiger partial charge is 0.224 e. The highest BCUT2D eigenvalue weighted by Gasteiger charge is 2.13. The number of carbonyl (C=O) groups is 1. The molecule has 3 heteroatoms. The molecule has 0 bridgehead atoms. The van der Waals surface area contributed by atoms with Crippen molar-refractivity contribution in [3.8, 4) is 0 Å². The summed E-state index contributed by atoms with van der Waals surface area (Å²) in [6, 6.07) is 7.69. The van der Waals surface area contributed by atoms with Crippen LogP contribution in [0.5, 0.6) is 0 Å². The van der Waals surface area contributed by atoms with Crippen molar-refractivity contribution in [2.75, 3.05) is 5.73 Å². The molecule has 0 aromatic heterocycles. The SMILES string of the molecule is CCC(NC(=O)Cc1ccc(N)cc1)C(C)C. The summed E-state index contributed by atoms with van der Waals surface area (Å²) in [6.45, 7) is 6.34. The van der Waals surface area contributed by atoms with E-state index in [0.29, 0.717) is 12.3 Å². The molecular formula is C14H22N2O. The number of carbonyl (C=O) groups excluding carboxylic acids is 1. The molecule has 1 aromatic rings. The van der Waals surface area contributed by atoms with E-state index in [1.165, 1.54) is 0 Å². The topological polar surface area (TPSA) is 55.1 Å². The molecule has 1 aromatic carbocycles. The zero-order chi connectivity index (χ0) is 12.8. The first kappa shape index (κ1) is 13.6. The van der Waals surface area contributed by atoms with Crippen molar-refractivity contribution in [3.05, 3.63) is 29.8 Å². The summed E-state index contributed by atoms with van der Waals surface area (Å²) < 4.78 is 0. The molecule has 0 saturated carbocycles. The number of amides is 1. The Hall–Kier alpha value is -1.51. The van der Waals surface area contributed by atoms with Gasteiger partial charge in [0.1, 0.15) is 0 Å². The van der Waals surface area contributed by atoms with Crippen LogP contribution in [0.2, 0.25) is 0 Å². The fourth-order valence-electron chi connectivity index (χ4n) is 1.82. The number of anilines is 1. The van der Waals surface area contributed by atoms with E-state index in [-0.39, 0.29) is 11.9 Å². The number of hydrogen-bond donors (Lipinski definition) is 2. The molecule has 17 heavy (non-hydrogen) atoms. The molecule has 0 heterocycles. The molecule has 0 aliphatic heterocycles. The summed E-state index contributed by atoms with van der Waals surface area (Å²) in [5, 5.41) is 3.06. The lowest BCUT2D eigenvalue weighted by Crippen LogP contribution is -2.38. The van der Waals surface area contributed by atoms with Gasteiger partial charge in [-0.05, 0) is 30.0 Å². The second kappa shape index (κ2) is 6.28. The van der Waals surface area contributed by atoms with Crippen molar-refractivity contribution in [1.82, 2.24) is 5.32 Å². The predicted octanol–water partition coefficient (Wildman–Crippen LogP) is 2.36. The molecule has 0 fully saturated rings. The average Bonchev–Trinajstić information content (AvgIpc) is 2.28. The maximum Gasteiger partial charge on any atom is 0.224 e. The third-order valence-electron chi connectivity index (χ3n) is 2.94. The Morgan fingerprint density at radius 1 is 1.29 bits per heavy atom. The zero-order valence-electron chi connectivity index (χ0n) is 10.9. The fourth-order valence-corrected chi connectivity index (χ4v) is 1.82. The maximum absolute atomic E-state index is 11.8. The van der Waals surface area contributed by atoms with Gasteiger partial charge < -0.3 is 11.1 Å². The van der Waals surface area contributed by atoms with Crippen molar-refractivity contribution in [2.24, 2.45) is 5.92 Å². The Morgan fingerprint density at radius 2 is 1.88 bits per heavy atom. The molecule has 1 unspecified atom stereocenters. The third kappa shape index (κ3) is 4.47. The number of rotatable bonds is 5. The lowest BCUT2D eigenvalue weighted by molar-refractivity contribution is -0.121. The van der Waals surface area contributed by atoms with E-state index in [9.17, 15) is 4.79 Å². The number of nitrogens with two attached hydrogens (primary N) is 1. The minimum Gasteiger partial charge on any atom is -0.399 e. The summed E-state index contributed by atoms with van der Waals surface area (Å²) in [7, 11) is 0. The Labute approximate surface area is 103 Å². The van der Waals surface area contributed by atoms with Gasteiger partial charge in [-0.2, -0.15) is 0 Å². The van der Waals surface area contributed by atoms with Crippen molar-refractivity contribution in [3.63, 3.8) is 0 Å². The minimum absolute atomic E-state index is 0.0790. The van der Waals surface area contributed by atoms with E-state index in [4.69, 9.17) is 5.73 Å². The zero-order valence-corrected chi connectivity index (χ0v) is 10.9. The molecule has 0 saturated heterocycles. The van der Waals surface area contributed by atoms with Crippen molar-refractivity contribution in [1.29, 1.82) is 0 Å². The monoisotopic (exact) mass is 234 g/mol. The van der Waals surface area contributed by atoms with Crippen molar-refractivity contribution < 1.29 is 4.79 Å². The lowest BCUT2D eigenvalue weighted by Gasteiger charge is -2.20. The van der Waals surface area contributed by atoms with Crippen LogP contribution in [0.1, 0.15) is 32.8 Å². The first-order chi connectivity index (χ1) is 8.02. The van der Waals surface area contributed by atoms with Crippen molar-refractivity contribution >= 4 is 11.6 Å². The van der Waals surface area contributed by atoms with E-state index >= 15 is 0 Å². The van der Waals surface area contributed by atoms with Crippen LogP contribution in [0.3, 0.4) is 0 Å². The van der Waals surface area contributed by atoms with Crippen molar-refractivity contribution in [2.45, 2.75) is 39.7 Å². The van der Waals surface area contributed by atoms with Gasteiger partial charge in [0.2, 0.25) is 5.91 Å². The molecule has 1 atom stereocenters. The van der Waals surface area contributed by atoms with Crippen LogP contribution >= 0.6 is 0 Å². The average molecular weight is 234 g/mol. The van der Waals surface area contributed by atoms with Gasteiger partial charge >= 0.3 is 0 Å². The summed E-state index contributed by atoms with van der Waals surface area (Å²) in [5.41, 5.74) is 7.32. The summed E-state index contributed by atoms with van der Waals surface area (Å²) in [4.78, 5) is 11.8. The highest BCUT2D eigenvalue weighted by Crippen LogP contribution is 2.08. The van der Waals surface area contributed by atoms with E-state index in [0.717, 1.165) is 17.7 Å². The molecule has 0 aliphatic carbocycles. The van der Waals surface area contributed by atoms with Gasteiger partial charge in [-0.1, -0.05) is 32.9 Å². The van der Waals surface area contributed by atoms with E-state index in [1.54, 1.807) is 0 Å². The Bertz CT molecular complexity index is 357. The number of hydrogen-bond acceptors (Lipinski definition) is 2. The highest BCUT2D eigenvalue weighted by molar-refractivity contribution is 5.79. The molecule has 0 spiro atoms. The van der Waals surface area contributed by atoms with E-state index in [2.05, 4.69) is 26.1 Å². The van der Waals surface area contributed by atoms with Gasteiger partial charge in [0.25, 0.3) is 0 Å². The number of nitrogen functional groups attached to an aromatic ring is 1. The molecule has 0 aliphatic rings. The van der Waals surface area contributed by atoms with Crippen LogP contribution < -0.4 is 11.1 Å². The number of benzene rings is 1. The third-order valence-corrected chi connectivity index (χ3v) is 2.94. The first-order valence-corrected chi connectivity index (χ1v) is 6.16. The second-order valence-corrected chi connectivity index (χ2v) is 4.74. The van der Waals surface area contributed by atoms with Crippen LogP contribution in [0.4, 0.5) is 5.69 Å². The van der Waals surface area contributed by atoms with Gasteiger partial charge in [0.15, 0.2) is 0 Å². The largest absolute Gasteiger partial charge is 0.399 e. The minimum atomic E-state index is 0.0790. The quantitative estimate of drug-likeness (QED) is 0.768. The van der Waals surface area contributed by atoms with Gasteiger partial charge in [-0.3, -0.25) is 4.79 Å². The molecule has 1 rings (SSSR count). The fraction of sp³-hybridized carbons (Fsp3) is 0.500. The van der Waals surface area contributed by atoms with Gasteiger partial charge in [0, 0.05) is 11.7 Å². The normalized spacial score (nSPS) is 12.5. The molecule has 1 amide bonds. The van der Waals surface area contributed by atoms with E-state index < -0.39 is 0 Å². The number of nitrogens with one attached hydrogen (secondary N) is 1. The van der Waals surface area contributed by atoms with Crippen LogP contribution in [-0.4, -0.2) is 11.9 Å². The van der Waals surface area contributed by atoms with Gasteiger partial charge in [0.05, 0.1) is 6.42 Å². The predicted molar refractivity (Wildman–Crippen MR) is 71.6 cm³/mol. The highest BCUT2D eigenvalue weighted by atomic mass is 16.1. The van der Waals surface area contributed by atoms with Gasteiger partial charge in [-0.25, -0.2) is 0 Å². The second-order valence-electron chi connectivity index (χ2n) is 4.74. The first-order valence-electron chi connectivity index (χ1n) is 6.16. The molecule has 0 radical (unpaired) electrons. The van der Waals surface area contributed by atoms with Crippen LogP contribution in [0, 0.1) is 5.92 Å². The lowest BCUT2D eigenvalue weighted by atomic mass is 10.0. The van der Waals surface area contributed by atoms with Gasteiger partial charge in [-0.15, -0.1) is 0 Å². The van der Waals surface area contributed by atoms with E-state index in [1.807, 2.05) is 24.3 Å². The molecular weight excluding hydrogens is 212 g/mol. The Kier molecular flexibility index (Phi) is 5.01. The van der Waals surface area contributed by atoms with Crippen LogP contribution in [0.25, 0.3) is 0 Å². The summed E-state index contributed by atoms with van der Waals surface area (Å²) >= 11 is 0. The molecule has 3 nitrogen and oxygen atoms in total. The summed E-state index contributed by atoms with van der Waals surface area (Å²) in [6.07, 6.45) is 1.38. The molecule has 3 N–H and O–H groups in total.